The van der Waals surface area contributed by atoms with Crippen LogP contribution in [-0.2, 0) is 14.8 Å². The van der Waals surface area contributed by atoms with Crippen LogP contribution in [0.4, 0.5) is 4.79 Å². The fourth-order valence-corrected chi connectivity index (χ4v) is 4.03. The van der Waals surface area contributed by atoms with Gasteiger partial charge in [0.1, 0.15) is 0 Å². The molecule has 0 aliphatic carbocycles. The molecule has 0 saturated carbocycles. The SMILES string of the molecule is CC(CN1CCCC1=O)NC(=O)N1CCC(N(C)S(C)(=O)=O)CC1. The van der Waals surface area contributed by atoms with Crippen molar-refractivity contribution in [2.45, 2.75) is 44.7 Å². The number of amides is 3. The summed E-state index contributed by atoms with van der Waals surface area (Å²) in [5.74, 6) is 0.153. The molecule has 0 bridgehead atoms. The highest BCUT2D eigenvalue weighted by Gasteiger charge is 2.30. The van der Waals surface area contributed by atoms with Crippen LogP contribution >= 0.6 is 0 Å². The Morgan fingerprint density at radius 1 is 1.33 bits per heavy atom. The van der Waals surface area contributed by atoms with Gasteiger partial charge in [0.05, 0.1) is 6.26 Å². The summed E-state index contributed by atoms with van der Waals surface area (Å²) in [4.78, 5) is 27.5. The predicted octanol–water partition coefficient (Wildman–Crippen LogP) is 0.0627. The van der Waals surface area contributed by atoms with Gasteiger partial charge in [0.15, 0.2) is 0 Å². The van der Waals surface area contributed by atoms with Gasteiger partial charge in [-0.3, -0.25) is 4.79 Å². The molecule has 2 aliphatic rings. The lowest BCUT2D eigenvalue weighted by Crippen LogP contribution is -2.52. The van der Waals surface area contributed by atoms with Gasteiger partial charge in [0.25, 0.3) is 0 Å². The molecule has 1 unspecified atom stereocenters. The number of carbonyl (C=O) groups excluding carboxylic acids is 2. The number of carbonyl (C=O) groups is 2. The summed E-state index contributed by atoms with van der Waals surface area (Å²) in [6.45, 7) is 4.27. The van der Waals surface area contributed by atoms with E-state index >= 15 is 0 Å². The number of sulfonamides is 1. The molecule has 2 rings (SSSR count). The van der Waals surface area contributed by atoms with Crippen LogP contribution in [0.15, 0.2) is 0 Å². The molecule has 138 valence electrons. The normalized spacial score (nSPS) is 21.4. The third-order valence-corrected chi connectivity index (χ3v) is 6.17. The number of piperidine rings is 1. The summed E-state index contributed by atoms with van der Waals surface area (Å²) in [5, 5.41) is 2.93. The Bertz CT molecular complexity index is 572. The minimum atomic E-state index is -3.20. The molecule has 9 heteroatoms. The van der Waals surface area contributed by atoms with Crippen molar-refractivity contribution in [2.24, 2.45) is 0 Å². The van der Waals surface area contributed by atoms with Crippen LogP contribution in [0.5, 0.6) is 0 Å². The van der Waals surface area contributed by atoms with Crippen molar-refractivity contribution in [3.63, 3.8) is 0 Å². The first kappa shape index (κ1) is 19.0. The second-order valence-corrected chi connectivity index (χ2v) is 8.83. The third kappa shape index (κ3) is 4.83. The lowest BCUT2D eigenvalue weighted by atomic mass is 10.1. The highest BCUT2D eigenvalue weighted by Crippen LogP contribution is 2.17. The molecule has 2 aliphatic heterocycles. The highest BCUT2D eigenvalue weighted by molar-refractivity contribution is 7.88. The number of nitrogens with one attached hydrogen (secondary N) is 1. The van der Waals surface area contributed by atoms with E-state index in [-0.39, 0.29) is 24.0 Å². The molecule has 24 heavy (non-hydrogen) atoms. The predicted molar refractivity (Wildman–Crippen MR) is 91.0 cm³/mol. The maximum atomic E-state index is 12.3. The summed E-state index contributed by atoms with van der Waals surface area (Å²) in [5.41, 5.74) is 0. The first-order valence-corrected chi connectivity index (χ1v) is 10.3. The Labute approximate surface area is 144 Å². The van der Waals surface area contributed by atoms with Crippen LogP contribution in [0.3, 0.4) is 0 Å². The van der Waals surface area contributed by atoms with Gasteiger partial charge in [-0.1, -0.05) is 0 Å². The average Bonchev–Trinajstić information content (AvgIpc) is 2.90. The van der Waals surface area contributed by atoms with Crippen molar-refractivity contribution in [1.29, 1.82) is 0 Å². The number of rotatable bonds is 5. The van der Waals surface area contributed by atoms with E-state index < -0.39 is 10.0 Å². The minimum Gasteiger partial charge on any atom is -0.341 e. The molecule has 0 aromatic heterocycles. The summed E-state index contributed by atoms with van der Waals surface area (Å²) >= 11 is 0. The zero-order valence-corrected chi connectivity index (χ0v) is 15.5. The second kappa shape index (κ2) is 7.69. The monoisotopic (exact) mass is 360 g/mol. The standard InChI is InChI=1S/C15H28N4O4S/c1-12(11-19-8-4-5-14(19)20)16-15(21)18-9-6-13(7-10-18)17(2)24(3,22)23/h12-13H,4-11H2,1-3H3,(H,16,21). The fourth-order valence-electron chi connectivity index (χ4n) is 3.28. The Kier molecular flexibility index (Phi) is 6.08. The molecule has 2 heterocycles. The lowest BCUT2D eigenvalue weighted by molar-refractivity contribution is -0.127. The first-order valence-electron chi connectivity index (χ1n) is 8.44. The van der Waals surface area contributed by atoms with Crippen molar-refractivity contribution in [3.05, 3.63) is 0 Å². The quantitative estimate of drug-likeness (QED) is 0.751. The maximum absolute atomic E-state index is 12.3. The van der Waals surface area contributed by atoms with Gasteiger partial charge in [-0.2, -0.15) is 0 Å². The van der Waals surface area contributed by atoms with E-state index in [0.717, 1.165) is 13.0 Å². The Balaban J connectivity index is 1.77. The minimum absolute atomic E-state index is 0.0521. The van der Waals surface area contributed by atoms with Crippen molar-refractivity contribution in [1.82, 2.24) is 19.4 Å². The zero-order chi connectivity index (χ0) is 17.9. The summed E-state index contributed by atoms with van der Waals surface area (Å²) < 4.78 is 24.6. The third-order valence-electron chi connectivity index (χ3n) is 4.82. The van der Waals surface area contributed by atoms with E-state index in [9.17, 15) is 18.0 Å². The van der Waals surface area contributed by atoms with E-state index in [1.54, 1.807) is 16.8 Å². The molecular weight excluding hydrogens is 332 g/mol. The van der Waals surface area contributed by atoms with Crippen molar-refractivity contribution >= 4 is 22.0 Å². The Morgan fingerprint density at radius 3 is 2.46 bits per heavy atom. The zero-order valence-electron chi connectivity index (χ0n) is 14.7. The molecule has 0 aromatic carbocycles. The van der Waals surface area contributed by atoms with E-state index in [4.69, 9.17) is 0 Å². The van der Waals surface area contributed by atoms with E-state index in [0.29, 0.717) is 38.9 Å². The number of hydrogen-bond donors (Lipinski definition) is 1. The van der Waals surface area contributed by atoms with Gasteiger partial charge < -0.3 is 15.1 Å². The molecule has 0 spiro atoms. The number of hydrogen-bond acceptors (Lipinski definition) is 4. The maximum Gasteiger partial charge on any atom is 0.317 e. The van der Waals surface area contributed by atoms with E-state index in [1.165, 1.54) is 10.6 Å². The van der Waals surface area contributed by atoms with Crippen LogP contribution in [0, 0.1) is 0 Å². The molecule has 0 radical (unpaired) electrons. The van der Waals surface area contributed by atoms with E-state index in [2.05, 4.69) is 5.32 Å². The summed E-state index contributed by atoms with van der Waals surface area (Å²) in [6, 6.07) is -0.297. The fraction of sp³-hybridized carbons (Fsp3) is 0.867. The first-order chi connectivity index (χ1) is 11.2. The molecule has 0 aromatic rings. The molecule has 2 fully saturated rings. The number of likely N-dealkylation sites (tertiary alicyclic amines) is 2. The van der Waals surface area contributed by atoms with Gasteiger partial charge >= 0.3 is 6.03 Å². The van der Waals surface area contributed by atoms with Crippen LogP contribution in [-0.4, -0.2) is 86.0 Å². The van der Waals surface area contributed by atoms with Crippen LogP contribution in [0.2, 0.25) is 0 Å². The van der Waals surface area contributed by atoms with Gasteiger partial charge in [-0.15, -0.1) is 0 Å². The molecule has 2 saturated heterocycles. The second-order valence-electron chi connectivity index (χ2n) is 6.79. The smallest absolute Gasteiger partial charge is 0.317 e. The molecule has 1 N–H and O–H groups in total. The average molecular weight is 360 g/mol. The van der Waals surface area contributed by atoms with Gasteiger partial charge in [0.2, 0.25) is 15.9 Å². The van der Waals surface area contributed by atoms with Crippen molar-refractivity contribution in [2.75, 3.05) is 39.5 Å². The largest absolute Gasteiger partial charge is 0.341 e. The van der Waals surface area contributed by atoms with Crippen molar-refractivity contribution in [3.8, 4) is 0 Å². The lowest BCUT2D eigenvalue weighted by Gasteiger charge is -2.36. The molecular formula is C15H28N4O4S. The summed E-state index contributed by atoms with van der Waals surface area (Å²) in [6.07, 6.45) is 3.96. The van der Waals surface area contributed by atoms with Gasteiger partial charge in [0, 0.05) is 51.7 Å². The highest BCUT2D eigenvalue weighted by atomic mass is 32.2. The molecule has 8 nitrogen and oxygen atoms in total. The van der Waals surface area contributed by atoms with Crippen molar-refractivity contribution < 1.29 is 18.0 Å². The number of nitrogens with zero attached hydrogens (tertiary/aromatic N) is 3. The Morgan fingerprint density at radius 2 is 1.96 bits per heavy atom. The number of urea groups is 1. The van der Waals surface area contributed by atoms with Gasteiger partial charge in [-0.05, 0) is 26.2 Å². The van der Waals surface area contributed by atoms with Crippen LogP contribution < -0.4 is 5.32 Å². The summed E-state index contributed by atoms with van der Waals surface area (Å²) in [7, 11) is -1.61. The van der Waals surface area contributed by atoms with Crippen LogP contribution in [0.25, 0.3) is 0 Å². The topological polar surface area (TPSA) is 90.0 Å². The van der Waals surface area contributed by atoms with Gasteiger partial charge in [-0.25, -0.2) is 17.5 Å². The van der Waals surface area contributed by atoms with Crippen LogP contribution in [0.1, 0.15) is 32.6 Å². The molecule has 3 amide bonds. The Hall–Kier alpha value is -1.35. The van der Waals surface area contributed by atoms with E-state index in [1.807, 2.05) is 6.92 Å². The molecule has 1 atom stereocenters.